The number of ether oxygens (including phenoxy) is 1. The first-order valence-electron chi connectivity index (χ1n) is 7.42. The van der Waals surface area contributed by atoms with Crippen molar-refractivity contribution in [1.29, 1.82) is 0 Å². The fourth-order valence-corrected chi connectivity index (χ4v) is 2.08. The third-order valence-electron chi connectivity index (χ3n) is 3.55. The van der Waals surface area contributed by atoms with Crippen molar-refractivity contribution < 1.29 is 9.53 Å². The van der Waals surface area contributed by atoms with Crippen LogP contribution in [-0.2, 0) is 11.3 Å². The molecule has 4 heteroatoms. The van der Waals surface area contributed by atoms with Crippen LogP contribution in [-0.4, -0.2) is 37.2 Å². The van der Waals surface area contributed by atoms with E-state index in [-0.39, 0.29) is 6.09 Å². The fraction of sp³-hybridized carbons (Fsp3) is 0.562. The first-order valence-corrected chi connectivity index (χ1v) is 7.42. The van der Waals surface area contributed by atoms with Crippen LogP contribution < -0.4 is 5.32 Å². The van der Waals surface area contributed by atoms with E-state index in [2.05, 4.69) is 5.32 Å². The first-order chi connectivity index (χ1) is 9.79. The van der Waals surface area contributed by atoms with Gasteiger partial charge in [-0.1, -0.05) is 30.3 Å². The number of benzene rings is 1. The molecule has 1 aromatic rings. The number of amides is 1. The van der Waals surface area contributed by atoms with Crippen LogP contribution in [0.2, 0.25) is 0 Å². The maximum atomic E-state index is 11.5. The Morgan fingerprint density at radius 2 is 1.90 bits per heavy atom. The Hall–Kier alpha value is -1.55. The minimum atomic E-state index is -0.184. The normalized spacial score (nSPS) is 17.4. The number of nitrogens with zero attached hydrogens (tertiary/aromatic N) is 1. The van der Waals surface area contributed by atoms with Crippen molar-refractivity contribution in [3.63, 3.8) is 0 Å². The lowest BCUT2D eigenvalue weighted by Gasteiger charge is -2.14. The van der Waals surface area contributed by atoms with Crippen LogP contribution in [0.25, 0.3) is 0 Å². The van der Waals surface area contributed by atoms with E-state index in [4.69, 9.17) is 4.74 Å². The van der Waals surface area contributed by atoms with E-state index in [1.807, 2.05) is 37.4 Å². The van der Waals surface area contributed by atoms with Crippen LogP contribution in [0.3, 0.4) is 0 Å². The lowest BCUT2D eigenvalue weighted by atomic mass is 10.2. The summed E-state index contributed by atoms with van der Waals surface area (Å²) >= 11 is 0. The van der Waals surface area contributed by atoms with Crippen molar-refractivity contribution in [2.24, 2.45) is 0 Å². The van der Waals surface area contributed by atoms with Gasteiger partial charge < -0.3 is 15.0 Å². The van der Waals surface area contributed by atoms with Gasteiger partial charge in [-0.3, -0.25) is 0 Å². The zero-order chi connectivity index (χ0) is 14.2. The molecule has 0 unspecified atom stereocenters. The molecule has 2 fully saturated rings. The molecule has 0 spiro atoms. The van der Waals surface area contributed by atoms with Crippen LogP contribution in [0.4, 0.5) is 4.79 Å². The number of carbonyl (C=O) groups excluding carboxylic acids is 1. The van der Waals surface area contributed by atoms with Crippen LogP contribution >= 0.6 is 0 Å². The number of rotatable bonds is 3. The summed E-state index contributed by atoms with van der Waals surface area (Å²) in [5, 5.41) is 3.14. The average molecular weight is 276 g/mol. The SMILES string of the molecule is CNC1CC1.O=C(OCc1ccccc1)N1CCCC1. The van der Waals surface area contributed by atoms with Crippen LogP contribution in [0.15, 0.2) is 30.3 Å². The van der Waals surface area contributed by atoms with Gasteiger partial charge >= 0.3 is 6.09 Å². The van der Waals surface area contributed by atoms with Gasteiger partial charge in [-0.2, -0.15) is 0 Å². The molecule has 0 bridgehead atoms. The number of nitrogens with one attached hydrogen (secondary N) is 1. The van der Waals surface area contributed by atoms with E-state index < -0.39 is 0 Å². The molecule has 1 aliphatic carbocycles. The number of carbonyl (C=O) groups is 1. The zero-order valence-electron chi connectivity index (χ0n) is 12.2. The van der Waals surface area contributed by atoms with Gasteiger partial charge in [-0.15, -0.1) is 0 Å². The van der Waals surface area contributed by atoms with Gasteiger partial charge in [0.05, 0.1) is 0 Å². The van der Waals surface area contributed by atoms with Gasteiger partial charge in [0.15, 0.2) is 0 Å². The summed E-state index contributed by atoms with van der Waals surface area (Å²) in [5.41, 5.74) is 1.03. The topological polar surface area (TPSA) is 41.6 Å². The van der Waals surface area contributed by atoms with Gasteiger partial charge in [-0.05, 0) is 38.3 Å². The van der Waals surface area contributed by atoms with E-state index in [1.165, 1.54) is 12.8 Å². The van der Waals surface area contributed by atoms with Gasteiger partial charge in [0.2, 0.25) is 0 Å². The van der Waals surface area contributed by atoms with Crippen LogP contribution in [0, 0.1) is 0 Å². The third kappa shape index (κ3) is 5.21. The highest BCUT2D eigenvalue weighted by molar-refractivity contribution is 5.67. The van der Waals surface area contributed by atoms with Gasteiger partial charge in [0.25, 0.3) is 0 Å². The highest BCUT2D eigenvalue weighted by atomic mass is 16.6. The summed E-state index contributed by atoms with van der Waals surface area (Å²) in [6.07, 6.45) is 4.81. The summed E-state index contributed by atoms with van der Waals surface area (Å²) in [7, 11) is 2.01. The second-order valence-corrected chi connectivity index (χ2v) is 5.30. The lowest BCUT2D eigenvalue weighted by molar-refractivity contribution is 0.104. The van der Waals surface area contributed by atoms with Gasteiger partial charge in [-0.25, -0.2) is 4.79 Å². The minimum Gasteiger partial charge on any atom is -0.445 e. The molecule has 1 heterocycles. The van der Waals surface area contributed by atoms with E-state index >= 15 is 0 Å². The Bertz CT molecular complexity index is 398. The summed E-state index contributed by atoms with van der Waals surface area (Å²) in [6.45, 7) is 2.05. The van der Waals surface area contributed by atoms with Gasteiger partial charge in [0.1, 0.15) is 6.61 Å². The Labute approximate surface area is 121 Å². The summed E-state index contributed by atoms with van der Waals surface area (Å²) in [4.78, 5) is 13.3. The Balaban J connectivity index is 0.000000247. The molecule has 1 aliphatic heterocycles. The minimum absolute atomic E-state index is 0.184. The molecule has 0 atom stereocenters. The van der Waals surface area contributed by atoms with Crippen LogP contribution in [0.5, 0.6) is 0 Å². The molecule has 0 aromatic heterocycles. The number of likely N-dealkylation sites (tertiary alicyclic amines) is 1. The Morgan fingerprint density at radius 1 is 1.25 bits per heavy atom. The molecule has 4 nitrogen and oxygen atoms in total. The quantitative estimate of drug-likeness (QED) is 0.923. The van der Waals surface area contributed by atoms with E-state index in [0.29, 0.717) is 6.61 Å². The zero-order valence-corrected chi connectivity index (χ0v) is 12.2. The molecule has 1 saturated carbocycles. The fourth-order valence-electron chi connectivity index (χ4n) is 2.08. The molecule has 110 valence electrons. The summed E-state index contributed by atoms with van der Waals surface area (Å²) in [5.74, 6) is 0. The highest BCUT2D eigenvalue weighted by Crippen LogP contribution is 2.17. The lowest BCUT2D eigenvalue weighted by Crippen LogP contribution is -2.28. The average Bonchev–Trinajstić information content (AvgIpc) is 3.19. The maximum Gasteiger partial charge on any atom is 0.410 e. The Kier molecular flexibility index (Phi) is 5.87. The molecule has 1 aromatic carbocycles. The van der Waals surface area contributed by atoms with Gasteiger partial charge in [0, 0.05) is 19.1 Å². The number of hydrogen-bond donors (Lipinski definition) is 1. The second-order valence-electron chi connectivity index (χ2n) is 5.30. The largest absolute Gasteiger partial charge is 0.445 e. The molecular weight excluding hydrogens is 252 g/mol. The molecule has 3 rings (SSSR count). The maximum absolute atomic E-state index is 11.5. The Morgan fingerprint density at radius 3 is 2.40 bits per heavy atom. The summed E-state index contributed by atoms with van der Waals surface area (Å²) < 4.78 is 5.20. The van der Waals surface area contributed by atoms with Crippen molar-refractivity contribution >= 4 is 6.09 Å². The van der Waals surface area contributed by atoms with Crippen LogP contribution in [0.1, 0.15) is 31.2 Å². The molecule has 2 aliphatic rings. The van der Waals surface area contributed by atoms with Crippen molar-refractivity contribution in [2.75, 3.05) is 20.1 Å². The predicted octanol–water partition coefficient (Wildman–Crippen LogP) is 2.79. The van der Waals surface area contributed by atoms with Crippen molar-refractivity contribution in [3.8, 4) is 0 Å². The van der Waals surface area contributed by atoms with Crippen molar-refractivity contribution in [2.45, 2.75) is 38.3 Å². The monoisotopic (exact) mass is 276 g/mol. The standard InChI is InChI=1S/C12H15NO2.C4H9N/c14-12(13-8-4-5-9-13)15-10-11-6-2-1-3-7-11;1-5-4-2-3-4/h1-3,6-7H,4-5,8-10H2;4-5H,2-3H2,1H3. The second kappa shape index (κ2) is 7.90. The molecule has 1 N–H and O–H groups in total. The smallest absolute Gasteiger partial charge is 0.410 e. The van der Waals surface area contributed by atoms with Crippen molar-refractivity contribution in [1.82, 2.24) is 10.2 Å². The predicted molar refractivity (Wildman–Crippen MR) is 79.5 cm³/mol. The van der Waals surface area contributed by atoms with E-state index in [1.54, 1.807) is 4.90 Å². The van der Waals surface area contributed by atoms with E-state index in [9.17, 15) is 4.79 Å². The van der Waals surface area contributed by atoms with Crippen molar-refractivity contribution in [3.05, 3.63) is 35.9 Å². The molecule has 20 heavy (non-hydrogen) atoms. The first kappa shape index (κ1) is 14.9. The molecular formula is C16H24N2O2. The number of hydrogen-bond acceptors (Lipinski definition) is 3. The molecule has 1 amide bonds. The molecule has 0 radical (unpaired) electrons. The summed E-state index contributed by atoms with van der Waals surface area (Å²) in [6, 6.07) is 10.6. The molecule has 1 saturated heterocycles. The third-order valence-corrected chi connectivity index (χ3v) is 3.55. The highest BCUT2D eigenvalue weighted by Gasteiger charge is 2.18. The van der Waals surface area contributed by atoms with E-state index in [0.717, 1.165) is 37.5 Å².